The number of ether oxygens (including phenoxy) is 2. The summed E-state index contributed by atoms with van der Waals surface area (Å²) in [6, 6.07) is 0. The number of hydrogen-bond donors (Lipinski definition) is 0. The molecule has 21 heavy (non-hydrogen) atoms. The Kier molecular flexibility index (Phi) is 4.72. The lowest BCUT2D eigenvalue weighted by molar-refractivity contribution is -0.157. The number of thiazole rings is 1. The van der Waals surface area contributed by atoms with Gasteiger partial charge in [-0.3, -0.25) is 4.79 Å². The van der Waals surface area contributed by atoms with Crippen molar-refractivity contribution in [2.24, 2.45) is 0 Å². The number of aryl methyl sites for hydroxylation is 1. The molecule has 0 unspecified atom stereocenters. The molecule has 0 radical (unpaired) electrons. The van der Waals surface area contributed by atoms with Crippen molar-refractivity contribution >= 4 is 22.4 Å². The molecule has 6 nitrogen and oxygen atoms in total. The molecular weight excluding hydrogens is 290 g/mol. The van der Waals surface area contributed by atoms with Crippen molar-refractivity contribution in [1.29, 1.82) is 0 Å². The Balaban J connectivity index is 1.58. The number of rotatable bonds is 2. The van der Waals surface area contributed by atoms with Gasteiger partial charge in [-0.25, -0.2) is 4.98 Å². The van der Waals surface area contributed by atoms with E-state index in [1.165, 1.54) is 0 Å². The molecule has 0 aromatic carbocycles. The van der Waals surface area contributed by atoms with Crippen LogP contribution in [0, 0.1) is 6.92 Å². The van der Waals surface area contributed by atoms with Crippen LogP contribution >= 0.6 is 11.3 Å². The molecular formula is C14H21N3O3S. The van der Waals surface area contributed by atoms with Gasteiger partial charge < -0.3 is 19.3 Å². The maximum absolute atomic E-state index is 12.4. The lowest BCUT2D eigenvalue weighted by atomic mass is 10.3. The van der Waals surface area contributed by atoms with E-state index in [1.54, 1.807) is 11.3 Å². The van der Waals surface area contributed by atoms with Gasteiger partial charge >= 0.3 is 0 Å². The molecule has 116 valence electrons. The van der Waals surface area contributed by atoms with Gasteiger partial charge in [0, 0.05) is 31.6 Å². The van der Waals surface area contributed by atoms with Crippen molar-refractivity contribution in [3.63, 3.8) is 0 Å². The molecule has 2 aliphatic rings. The Morgan fingerprint density at radius 1 is 1.33 bits per heavy atom. The summed E-state index contributed by atoms with van der Waals surface area (Å²) < 4.78 is 10.8. The van der Waals surface area contributed by atoms with E-state index in [0.29, 0.717) is 19.8 Å². The van der Waals surface area contributed by atoms with Gasteiger partial charge in [0.1, 0.15) is 0 Å². The second-order valence-electron chi connectivity index (χ2n) is 5.37. The summed E-state index contributed by atoms with van der Waals surface area (Å²) in [7, 11) is 0. The lowest BCUT2D eigenvalue weighted by Gasteiger charge is -2.28. The summed E-state index contributed by atoms with van der Waals surface area (Å²) in [6.45, 7) is 6.75. The Morgan fingerprint density at radius 2 is 2.24 bits per heavy atom. The molecule has 0 spiro atoms. The largest absolute Gasteiger partial charge is 0.376 e. The van der Waals surface area contributed by atoms with Crippen LogP contribution in [0.25, 0.3) is 0 Å². The van der Waals surface area contributed by atoms with Crippen molar-refractivity contribution in [3.05, 3.63) is 11.1 Å². The first-order valence-electron chi connectivity index (χ1n) is 7.39. The zero-order chi connectivity index (χ0) is 14.7. The first-order valence-corrected chi connectivity index (χ1v) is 8.27. The first kappa shape index (κ1) is 14.7. The zero-order valence-corrected chi connectivity index (χ0v) is 13.1. The van der Waals surface area contributed by atoms with E-state index >= 15 is 0 Å². The molecule has 2 saturated heterocycles. The van der Waals surface area contributed by atoms with E-state index in [-0.39, 0.29) is 5.91 Å². The smallest absolute Gasteiger partial charge is 0.254 e. The van der Waals surface area contributed by atoms with Crippen molar-refractivity contribution in [2.75, 3.05) is 50.9 Å². The third-order valence-corrected chi connectivity index (χ3v) is 4.80. The fourth-order valence-corrected chi connectivity index (χ4v) is 3.51. The van der Waals surface area contributed by atoms with Crippen LogP contribution in [-0.4, -0.2) is 67.9 Å². The standard InChI is InChI=1S/C14H21N3O3S/c1-11-10-21-14(15-11)17-4-2-3-16(5-6-17)13(18)12-9-19-7-8-20-12/h10,12H,2-9H2,1H3/t12-/m0/s1. The Labute approximate surface area is 128 Å². The molecule has 0 saturated carbocycles. The highest BCUT2D eigenvalue weighted by Crippen LogP contribution is 2.21. The number of carbonyl (C=O) groups excluding carboxylic acids is 1. The quantitative estimate of drug-likeness (QED) is 0.812. The lowest BCUT2D eigenvalue weighted by Crippen LogP contribution is -2.46. The first-order chi connectivity index (χ1) is 10.2. The van der Waals surface area contributed by atoms with Gasteiger partial charge in [-0.1, -0.05) is 0 Å². The molecule has 7 heteroatoms. The monoisotopic (exact) mass is 311 g/mol. The van der Waals surface area contributed by atoms with E-state index in [2.05, 4.69) is 15.3 Å². The van der Waals surface area contributed by atoms with Crippen LogP contribution in [0.1, 0.15) is 12.1 Å². The van der Waals surface area contributed by atoms with Crippen molar-refractivity contribution < 1.29 is 14.3 Å². The number of amides is 1. The highest BCUT2D eigenvalue weighted by Gasteiger charge is 2.29. The van der Waals surface area contributed by atoms with Crippen LogP contribution in [0.5, 0.6) is 0 Å². The Hall–Kier alpha value is -1.18. The average molecular weight is 311 g/mol. The summed E-state index contributed by atoms with van der Waals surface area (Å²) in [6.07, 6.45) is 0.533. The van der Waals surface area contributed by atoms with Crippen LogP contribution in [0.15, 0.2) is 5.38 Å². The minimum atomic E-state index is -0.424. The molecule has 3 rings (SSSR count). The second-order valence-corrected chi connectivity index (χ2v) is 6.21. The van der Waals surface area contributed by atoms with E-state index < -0.39 is 6.10 Å². The fourth-order valence-electron chi connectivity index (χ4n) is 2.65. The number of hydrogen-bond acceptors (Lipinski definition) is 6. The molecule has 2 aliphatic heterocycles. The zero-order valence-electron chi connectivity index (χ0n) is 12.3. The molecule has 1 amide bonds. The third kappa shape index (κ3) is 3.53. The number of nitrogens with zero attached hydrogens (tertiary/aromatic N) is 3. The molecule has 0 bridgehead atoms. The minimum Gasteiger partial charge on any atom is -0.376 e. The SMILES string of the molecule is Cc1csc(N2CCCN(C(=O)[C@@H]3COCCO3)CC2)n1. The van der Waals surface area contributed by atoms with E-state index in [1.807, 2.05) is 11.8 Å². The van der Waals surface area contributed by atoms with Gasteiger partial charge in [0.2, 0.25) is 0 Å². The van der Waals surface area contributed by atoms with Gasteiger partial charge in [0.15, 0.2) is 11.2 Å². The predicted molar refractivity (Wildman–Crippen MR) is 80.8 cm³/mol. The molecule has 1 aromatic rings. The van der Waals surface area contributed by atoms with Gasteiger partial charge in [0.05, 0.1) is 25.5 Å². The molecule has 0 N–H and O–H groups in total. The van der Waals surface area contributed by atoms with Crippen LogP contribution in [0.3, 0.4) is 0 Å². The molecule has 1 atom stereocenters. The van der Waals surface area contributed by atoms with Crippen molar-refractivity contribution in [1.82, 2.24) is 9.88 Å². The maximum atomic E-state index is 12.4. The summed E-state index contributed by atoms with van der Waals surface area (Å²) in [5.74, 6) is 0.0619. The molecule has 0 aliphatic carbocycles. The molecule has 1 aromatic heterocycles. The van der Waals surface area contributed by atoms with Crippen LogP contribution in [0.4, 0.5) is 5.13 Å². The second kappa shape index (κ2) is 6.72. The van der Waals surface area contributed by atoms with Crippen molar-refractivity contribution in [2.45, 2.75) is 19.4 Å². The Bertz CT molecular complexity index is 488. The van der Waals surface area contributed by atoms with E-state index in [4.69, 9.17) is 9.47 Å². The van der Waals surface area contributed by atoms with E-state index in [9.17, 15) is 4.79 Å². The topological polar surface area (TPSA) is 54.9 Å². The predicted octanol–water partition coefficient (Wildman–Crippen LogP) is 0.906. The highest BCUT2D eigenvalue weighted by atomic mass is 32.1. The fraction of sp³-hybridized carbons (Fsp3) is 0.714. The maximum Gasteiger partial charge on any atom is 0.254 e. The van der Waals surface area contributed by atoms with Crippen molar-refractivity contribution in [3.8, 4) is 0 Å². The minimum absolute atomic E-state index is 0.0619. The summed E-state index contributed by atoms with van der Waals surface area (Å²) in [5.41, 5.74) is 1.06. The molecule has 2 fully saturated rings. The van der Waals surface area contributed by atoms with Crippen LogP contribution in [-0.2, 0) is 14.3 Å². The number of anilines is 1. The van der Waals surface area contributed by atoms with Gasteiger partial charge in [-0.2, -0.15) is 0 Å². The van der Waals surface area contributed by atoms with Crippen LogP contribution in [0.2, 0.25) is 0 Å². The third-order valence-electron chi connectivity index (χ3n) is 3.78. The average Bonchev–Trinajstić information content (AvgIpc) is 2.81. The molecule has 3 heterocycles. The van der Waals surface area contributed by atoms with E-state index in [0.717, 1.165) is 43.4 Å². The van der Waals surface area contributed by atoms with Gasteiger partial charge in [0.25, 0.3) is 5.91 Å². The highest BCUT2D eigenvalue weighted by molar-refractivity contribution is 7.13. The summed E-state index contributed by atoms with van der Waals surface area (Å²) >= 11 is 1.67. The summed E-state index contributed by atoms with van der Waals surface area (Å²) in [4.78, 5) is 21.1. The van der Waals surface area contributed by atoms with Gasteiger partial charge in [-0.15, -0.1) is 11.3 Å². The Morgan fingerprint density at radius 3 is 2.95 bits per heavy atom. The summed E-state index contributed by atoms with van der Waals surface area (Å²) in [5, 5.41) is 3.12. The number of aromatic nitrogens is 1. The normalized spacial score (nSPS) is 24.0. The number of carbonyl (C=O) groups is 1. The van der Waals surface area contributed by atoms with Crippen LogP contribution < -0.4 is 4.90 Å². The van der Waals surface area contributed by atoms with Gasteiger partial charge in [-0.05, 0) is 13.3 Å².